The number of ether oxygens (including phenoxy) is 2. The fraction of sp³-hybridized carbons (Fsp3) is 0.462. The summed E-state index contributed by atoms with van der Waals surface area (Å²) in [5.41, 5.74) is 1.13. The lowest BCUT2D eigenvalue weighted by Gasteiger charge is -2.09. The van der Waals surface area contributed by atoms with E-state index >= 15 is 0 Å². The van der Waals surface area contributed by atoms with Crippen molar-refractivity contribution in [2.75, 3.05) is 33.9 Å². The van der Waals surface area contributed by atoms with Crippen molar-refractivity contribution in [1.29, 1.82) is 0 Å². The minimum absolute atomic E-state index is 0.0144. The van der Waals surface area contributed by atoms with Gasteiger partial charge >= 0.3 is 0 Å². The van der Waals surface area contributed by atoms with Crippen LogP contribution in [0.15, 0.2) is 22.7 Å². The van der Waals surface area contributed by atoms with Crippen LogP contribution in [-0.2, 0) is 16.1 Å². The highest BCUT2D eigenvalue weighted by Crippen LogP contribution is 2.25. The molecule has 6 heteroatoms. The molecule has 0 aliphatic carbocycles. The smallest absolute Gasteiger partial charge is 0.257 e. The average Bonchev–Trinajstić information content (AvgIpc) is 2.42. The molecule has 1 amide bonds. The van der Waals surface area contributed by atoms with E-state index in [-0.39, 0.29) is 12.5 Å². The topological polar surface area (TPSA) is 59.6 Å². The van der Waals surface area contributed by atoms with E-state index in [0.717, 1.165) is 23.1 Å². The maximum Gasteiger partial charge on any atom is 0.257 e. The molecule has 0 unspecified atom stereocenters. The van der Waals surface area contributed by atoms with Gasteiger partial charge in [0.25, 0.3) is 5.91 Å². The highest BCUT2D eigenvalue weighted by molar-refractivity contribution is 9.10. The average molecular weight is 331 g/mol. The van der Waals surface area contributed by atoms with E-state index in [9.17, 15) is 4.79 Å². The Morgan fingerprint density at radius 3 is 2.84 bits per heavy atom. The molecule has 0 aliphatic heterocycles. The summed E-state index contributed by atoms with van der Waals surface area (Å²) >= 11 is 3.43. The minimum atomic E-state index is -0.155. The van der Waals surface area contributed by atoms with E-state index in [2.05, 4.69) is 26.6 Å². The van der Waals surface area contributed by atoms with Gasteiger partial charge in [0.1, 0.15) is 5.75 Å². The summed E-state index contributed by atoms with van der Waals surface area (Å²) in [5.74, 6) is 0.501. The van der Waals surface area contributed by atoms with Crippen molar-refractivity contribution in [3.63, 3.8) is 0 Å². The van der Waals surface area contributed by atoms with Gasteiger partial charge in [-0.1, -0.05) is 6.07 Å². The largest absolute Gasteiger partial charge is 0.483 e. The van der Waals surface area contributed by atoms with Gasteiger partial charge in [-0.25, -0.2) is 0 Å². The Hall–Kier alpha value is -1.11. The van der Waals surface area contributed by atoms with Crippen LogP contribution >= 0.6 is 15.9 Å². The van der Waals surface area contributed by atoms with Gasteiger partial charge in [-0.3, -0.25) is 4.79 Å². The Morgan fingerprint density at radius 1 is 1.42 bits per heavy atom. The van der Waals surface area contributed by atoms with Crippen LogP contribution in [0.1, 0.15) is 5.56 Å². The van der Waals surface area contributed by atoms with Crippen LogP contribution in [-0.4, -0.2) is 39.8 Å². The first-order chi connectivity index (χ1) is 9.17. The summed E-state index contributed by atoms with van der Waals surface area (Å²) in [6.07, 6.45) is 0. The Kier molecular flexibility index (Phi) is 7.47. The third-order valence-corrected chi connectivity index (χ3v) is 3.07. The summed E-state index contributed by atoms with van der Waals surface area (Å²) in [5, 5.41) is 5.76. The van der Waals surface area contributed by atoms with Crippen LogP contribution < -0.4 is 15.4 Å². The predicted octanol–water partition coefficient (Wildman–Crippen LogP) is 1.31. The van der Waals surface area contributed by atoms with Gasteiger partial charge < -0.3 is 20.1 Å². The van der Waals surface area contributed by atoms with Crippen LogP contribution in [0.3, 0.4) is 0 Å². The molecule has 0 radical (unpaired) electrons. The van der Waals surface area contributed by atoms with Crippen molar-refractivity contribution in [2.24, 2.45) is 0 Å². The summed E-state index contributed by atoms with van der Waals surface area (Å²) in [4.78, 5) is 11.1. The first-order valence-electron chi connectivity index (χ1n) is 5.99. The van der Waals surface area contributed by atoms with Gasteiger partial charge in [0, 0.05) is 27.2 Å². The summed E-state index contributed by atoms with van der Waals surface area (Å²) in [6, 6.07) is 5.78. The van der Waals surface area contributed by atoms with Crippen molar-refractivity contribution in [3.8, 4) is 5.75 Å². The molecule has 0 aliphatic rings. The summed E-state index contributed by atoms with van der Waals surface area (Å²) in [6.45, 7) is 2.27. The van der Waals surface area contributed by atoms with Crippen LogP contribution in [0.4, 0.5) is 0 Å². The normalized spacial score (nSPS) is 10.3. The Bertz CT molecular complexity index is 413. The number of amides is 1. The molecule has 0 bridgehead atoms. The van der Waals surface area contributed by atoms with Gasteiger partial charge in [-0.15, -0.1) is 0 Å². The van der Waals surface area contributed by atoms with E-state index in [1.807, 2.05) is 18.2 Å². The second-order valence-electron chi connectivity index (χ2n) is 3.90. The first-order valence-corrected chi connectivity index (χ1v) is 6.78. The Morgan fingerprint density at radius 2 is 2.21 bits per heavy atom. The van der Waals surface area contributed by atoms with Crippen LogP contribution in [0.2, 0.25) is 0 Å². The number of halogens is 1. The molecule has 0 atom stereocenters. The third kappa shape index (κ3) is 6.04. The molecule has 19 heavy (non-hydrogen) atoms. The van der Waals surface area contributed by atoms with Crippen LogP contribution in [0, 0.1) is 0 Å². The summed E-state index contributed by atoms with van der Waals surface area (Å²) in [7, 11) is 3.26. The zero-order valence-corrected chi connectivity index (χ0v) is 12.7. The molecule has 0 saturated carbocycles. The molecule has 1 rings (SSSR count). The minimum Gasteiger partial charge on any atom is -0.483 e. The van der Waals surface area contributed by atoms with Crippen LogP contribution in [0.5, 0.6) is 5.75 Å². The molecule has 0 heterocycles. The maximum atomic E-state index is 11.1. The lowest BCUT2D eigenvalue weighted by molar-refractivity contribution is -0.122. The van der Waals surface area contributed by atoms with Crippen molar-refractivity contribution in [2.45, 2.75) is 6.54 Å². The van der Waals surface area contributed by atoms with E-state index < -0.39 is 0 Å². The molecular formula is C13H19BrN2O3. The predicted molar refractivity (Wildman–Crippen MR) is 77.3 cm³/mol. The molecule has 1 aromatic rings. The number of carbonyl (C=O) groups is 1. The number of hydrogen-bond acceptors (Lipinski definition) is 4. The van der Waals surface area contributed by atoms with Gasteiger partial charge in [0.05, 0.1) is 11.1 Å². The van der Waals surface area contributed by atoms with Crippen molar-refractivity contribution >= 4 is 21.8 Å². The number of likely N-dealkylation sites (N-methyl/N-ethyl adjacent to an activating group) is 1. The Balaban J connectivity index is 2.47. The molecule has 106 valence electrons. The fourth-order valence-corrected chi connectivity index (χ4v) is 1.93. The van der Waals surface area contributed by atoms with Crippen molar-refractivity contribution in [1.82, 2.24) is 10.6 Å². The molecule has 5 nitrogen and oxygen atoms in total. The standard InChI is InChI=1S/C13H19BrN2O3/c1-15-13(17)9-19-12-4-3-10(7-11(12)14)8-16-5-6-18-2/h3-4,7,16H,5-6,8-9H2,1-2H3,(H,15,17). The highest BCUT2D eigenvalue weighted by Gasteiger charge is 2.05. The summed E-state index contributed by atoms with van der Waals surface area (Å²) < 4.78 is 11.2. The molecule has 1 aromatic carbocycles. The second-order valence-corrected chi connectivity index (χ2v) is 4.75. The van der Waals surface area contributed by atoms with E-state index in [0.29, 0.717) is 12.4 Å². The SMILES string of the molecule is CNC(=O)COc1ccc(CNCCOC)cc1Br. The third-order valence-electron chi connectivity index (χ3n) is 2.45. The zero-order valence-electron chi connectivity index (χ0n) is 11.2. The molecule has 0 saturated heterocycles. The van der Waals surface area contributed by atoms with E-state index in [1.54, 1.807) is 14.2 Å². The van der Waals surface area contributed by atoms with Crippen LogP contribution in [0.25, 0.3) is 0 Å². The van der Waals surface area contributed by atoms with Gasteiger partial charge in [-0.2, -0.15) is 0 Å². The van der Waals surface area contributed by atoms with Gasteiger partial charge in [0.15, 0.2) is 6.61 Å². The Labute approximate surface area is 121 Å². The van der Waals surface area contributed by atoms with Gasteiger partial charge in [-0.05, 0) is 33.6 Å². The molecule has 2 N–H and O–H groups in total. The molecule has 0 aromatic heterocycles. The number of rotatable bonds is 8. The zero-order chi connectivity index (χ0) is 14.1. The van der Waals surface area contributed by atoms with E-state index in [1.165, 1.54) is 0 Å². The number of methoxy groups -OCH3 is 1. The number of carbonyl (C=O) groups excluding carboxylic acids is 1. The molecular weight excluding hydrogens is 312 g/mol. The van der Waals surface area contributed by atoms with Crippen molar-refractivity contribution < 1.29 is 14.3 Å². The first kappa shape index (κ1) is 15.9. The number of hydrogen-bond donors (Lipinski definition) is 2. The maximum absolute atomic E-state index is 11.1. The fourth-order valence-electron chi connectivity index (χ4n) is 1.39. The lowest BCUT2D eigenvalue weighted by Crippen LogP contribution is -2.24. The quantitative estimate of drug-likeness (QED) is 0.705. The lowest BCUT2D eigenvalue weighted by atomic mass is 10.2. The van der Waals surface area contributed by atoms with E-state index in [4.69, 9.17) is 9.47 Å². The number of nitrogens with one attached hydrogen (secondary N) is 2. The monoisotopic (exact) mass is 330 g/mol. The molecule has 0 spiro atoms. The van der Waals surface area contributed by atoms with Crippen molar-refractivity contribution in [3.05, 3.63) is 28.2 Å². The second kappa shape index (κ2) is 8.90. The molecule has 0 fully saturated rings. The number of benzene rings is 1. The highest BCUT2D eigenvalue weighted by atomic mass is 79.9. The van der Waals surface area contributed by atoms with Gasteiger partial charge in [0.2, 0.25) is 0 Å².